The molecule has 0 aromatic carbocycles. The van der Waals surface area contributed by atoms with Crippen LogP contribution in [0.5, 0.6) is 0 Å². The van der Waals surface area contributed by atoms with Crippen molar-refractivity contribution in [3.63, 3.8) is 0 Å². The SMILES string of the molecule is CC(C)C1CCCN(C(=O)CC2CS(=O)(=O)CCN2)CC1. The average Bonchev–Trinajstić information content (AvgIpc) is 2.63. The Morgan fingerprint density at radius 3 is 2.71 bits per heavy atom. The highest BCUT2D eigenvalue weighted by Gasteiger charge is 2.28. The van der Waals surface area contributed by atoms with Crippen LogP contribution in [-0.4, -0.2) is 56.4 Å². The molecule has 2 heterocycles. The predicted octanol–water partition coefficient (Wildman–Crippen LogP) is 1.05. The van der Waals surface area contributed by atoms with E-state index in [0.29, 0.717) is 24.8 Å². The van der Waals surface area contributed by atoms with Crippen molar-refractivity contribution in [2.45, 2.75) is 45.6 Å². The van der Waals surface area contributed by atoms with Crippen LogP contribution >= 0.6 is 0 Å². The number of sulfone groups is 1. The molecule has 2 fully saturated rings. The summed E-state index contributed by atoms with van der Waals surface area (Å²) in [5, 5.41) is 3.16. The van der Waals surface area contributed by atoms with E-state index in [1.165, 1.54) is 6.42 Å². The Kier molecular flexibility index (Phi) is 5.66. The first kappa shape index (κ1) is 16.7. The summed E-state index contributed by atoms with van der Waals surface area (Å²) in [4.78, 5) is 14.3. The Balaban J connectivity index is 1.85. The van der Waals surface area contributed by atoms with Gasteiger partial charge in [0, 0.05) is 32.1 Å². The van der Waals surface area contributed by atoms with Crippen molar-refractivity contribution in [1.29, 1.82) is 0 Å². The summed E-state index contributed by atoms with van der Waals surface area (Å²) in [6, 6.07) is -0.208. The normalized spacial score (nSPS) is 30.1. The third-order valence-electron chi connectivity index (χ3n) is 4.79. The zero-order valence-corrected chi connectivity index (χ0v) is 14.0. The van der Waals surface area contributed by atoms with Crippen molar-refractivity contribution in [3.05, 3.63) is 0 Å². The van der Waals surface area contributed by atoms with E-state index in [0.717, 1.165) is 25.9 Å². The zero-order chi connectivity index (χ0) is 15.5. The van der Waals surface area contributed by atoms with Crippen molar-refractivity contribution >= 4 is 15.7 Å². The molecule has 2 aliphatic rings. The van der Waals surface area contributed by atoms with Crippen LogP contribution in [0.3, 0.4) is 0 Å². The first-order chi connectivity index (χ1) is 9.87. The number of likely N-dealkylation sites (tertiary alicyclic amines) is 1. The quantitative estimate of drug-likeness (QED) is 0.845. The van der Waals surface area contributed by atoms with Crippen molar-refractivity contribution in [2.75, 3.05) is 31.1 Å². The lowest BCUT2D eigenvalue weighted by molar-refractivity contribution is -0.131. The largest absolute Gasteiger partial charge is 0.343 e. The summed E-state index contributed by atoms with van der Waals surface area (Å²) >= 11 is 0. The number of carbonyl (C=O) groups is 1. The van der Waals surface area contributed by atoms with E-state index >= 15 is 0 Å². The molecule has 0 spiro atoms. The topological polar surface area (TPSA) is 66.5 Å². The van der Waals surface area contributed by atoms with Gasteiger partial charge in [-0.2, -0.15) is 0 Å². The minimum absolute atomic E-state index is 0.0984. The van der Waals surface area contributed by atoms with Gasteiger partial charge in [0.2, 0.25) is 5.91 Å². The second-order valence-electron chi connectivity index (χ2n) is 6.79. The van der Waals surface area contributed by atoms with Gasteiger partial charge in [-0.15, -0.1) is 0 Å². The van der Waals surface area contributed by atoms with Gasteiger partial charge in [-0.25, -0.2) is 8.42 Å². The standard InChI is InChI=1S/C15H28N2O3S/c1-12(2)13-4-3-7-17(8-5-13)15(18)10-14-11-21(19,20)9-6-16-14/h12-14,16H,3-11H2,1-2H3. The lowest BCUT2D eigenvalue weighted by Gasteiger charge is -2.27. The Labute approximate surface area is 128 Å². The summed E-state index contributed by atoms with van der Waals surface area (Å²) < 4.78 is 23.3. The van der Waals surface area contributed by atoms with E-state index in [9.17, 15) is 13.2 Å². The fourth-order valence-corrected chi connectivity index (χ4v) is 4.82. The number of hydrogen-bond donors (Lipinski definition) is 1. The van der Waals surface area contributed by atoms with Crippen LogP contribution in [0.4, 0.5) is 0 Å². The molecular formula is C15H28N2O3S. The maximum absolute atomic E-state index is 12.4. The van der Waals surface area contributed by atoms with Crippen molar-refractivity contribution in [1.82, 2.24) is 10.2 Å². The van der Waals surface area contributed by atoms with Gasteiger partial charge < -0.3 is 10.2 Å². The fraction of sp³-hybridized carbons (Fsp3) is 0.933. The molecule has 0 aromatic heterocycles. The highest BCUT2D eigenvalue weighted by atomic mass is 32.2. The van der Waals surface area contributed by atoms with E-state index in [-0.39, 0.29) is 23.5 Å². The highest BCUT2D eigenvalue weighted by Crippen LogP contribution is 2.25. The molecule has 1 N–H and O–H groups in total. The van der Waals surface area contributed by atoms with Gasteiger partial charge in [0.25, 0.3) is 0 Å². The molecule has 0 bridgehead atoms. The lowest BCUT2D eigenvalue weighted by Crippen LogP contribution is -2.48. The molecule has 2 aliphatic heterocycles. The van der Waals surface area contributed by atoms with Gasteiger partial charge in [0.15, 0.2) is 9.84 Å². The number of nitrogens with one attached hydrogen (secondary N) is 1. The summed E-state index contributed by atoms with van der Waals surface area (Å²) in [6.45, 7) is 6.61. The second-order valence-corrected chi connectivity index (χ2v) is 9.01. The van der Waals surface area contributed by atoms with Gasteiger partial charge in [-0.1, -0.05) is 13.8 Å². The molecule has 0 aromatic rings. The first-order valence-corrected chi connectivity index (χ1v) is 9.91. The molecule has 2 saturated heterocycles. The third kappa shape index (κ3) is 4.95. The van der Waals surface area contributed by atoms with Crippen LogP contribution in [0.2, 0.25) is 0 Å². The fourth-order valence-electron chi connectivity index (χ4n) is 3.38. The van der Waals surface area contributed by atoms with Crippen molar-refractivity contribution in [2.24, 2.45) is 11.8 Å². The van der Waals surface area contributed by atoms with Crippen molar-refractivity contribution < 1.29 is 13.2 Å². The first-order valence-electron chi connectivity index (χ1n) is 8.09. The Morgan fingerprint density at radius 2 is 2.05 bits per heavy atom. The van der Waals surface area contributed by atoms with Crippen LogP contribution in [0.15, 0.2) is 0 Å². The molecule has 0 radical (unpaired) electrons. The number of hydrogen-bond acceptors (Lipinski definition) is 4. The van der Waals surface area contributed by atoms with E-state index in [2.05, 4.69) is 19.2 Å². The molecule has 2 atom stereocenters. The molecular weight excluding hydrogens is 288 g/mol. The number of rotatable bonds is 3. The smallest absolute Gasteiger partial charge is 0.224 e. The van der Waals surface area contributed by atoms with Crippen molar-refractivity contribution in [3.8, 4) is 0 Å². The second kappa shape index (κ2) is 7.09. The van der Waals surface area contributed by atoms with E-state index in [1.54, 1.807) is 0 Å². The molecule has 0 aliphatic carbocycles. The monoisotopic (exact) mass is 316 g/mol. The average molecular weight is 316 g/mol. The zero-order valence-electron chi connectivity index (χ0n) is 13.2. The number of carbonyl (C=O) groups excluding carboxylic acids is 1. The van der Waals surface area contributed by atoms with E-state index in [4.69, 9.17) is 0 Å². The summed E-state index contributed by atoms with van der Waals surface area (Å²) in [5.74, 6) is 1.77. The molecule has 6 heteroatoms. The Hall–Kier alpha value is -0.620. The van der Waals surface area contributed by atoms with Crippen LogP contribution in [0, 0.1) is 11.8 Å². The predicted molar refractivity (Wildman–Crippen MR) is 83.8 cm³/mol. The molecule has 2 rings (SSSR count). The maximum Gasteiger partial charge on any atom is 0.224 e. The molecule has 1 amide bonds. The van der Waals surface area contributed by atoms with Crippen LogP contribution in [0.25, 0.3) is 0 Å². The maximum atomic E-state index is 12.4. The van der Waals surface area contributed by atoms with Crippen LogP contribution < -0.4 is 5.32 Å². The highest BCUT2D eigenvalue weighted by molar-refractivity contribution is 7.91. The van der Waals surface area contributed by atoms with Gasteiger partial charge in [0.05, 0.1) is 11.5 Å². The van der Waals surface area contributed by atoms with Gasteiger partial charge >= 0.3 is 0 Å². The summed E-state index contributed by atoms with van der Waals surface area (Å²) in [5.41, 5.74) is 0. The number of amides is 1. The molecule has 21 heavy (non-hydrogen) atoms. The summed E-state index contributed by atoms with van der Waals surface area (Å²) in [7, 11) is -2.97. The third-order valence-corrected chi connectivity index (χ3v) is 6.53. The Morgan fingerprint density at radius 1 is 1.29 bits per heavy atom. The van der Waals surface area contributed by atoms with Crippen LogP contribution in [0.1, 0.15) is 39.5 Å². The minimum atomic E-state index is -2.97. The molecule has 5 nitrogen and oxygen atoms in total. The molecule has 122 valence electrons. The van der Waals surface area contributed by atoms with E-state index < -0.39 is 9.84 Å². The lowest BCUT2D eigenvalue weighted by atomic mass is 9.89. The summed E-state index contributed by atoms with van der Waals surface area (Å²) in [6.07, 6.45) is 3.63. The Bertz CT molecular complexity index is 462. The van der Waals surface area contributed by atoms with E-state index in [1.807, 2.05) is 4.90 Å². The van der Waals surface area contributed by atoms with Gasteiger partial charge in [-0.3, -0.25) is 4.79 Å². The molecule has 2 unspecified atom stereocenters. The van der Waals surface area contributed by atoms with Crippen LogP contribution in [-0.2, 0) is 14.6 Å². The number of nitrogens with zero attached hydrogens (tertiary/aromatic N) is 1. The van der Waals surface area contributed by atoms with Gasteiger partial charge in [0.1, 0.15) is 0 Å². The minimum Gasteiger partial charge on any atom is -0.343 e. The molecule has 0 saturated carbocycles. The van der Waals surface area contributed by atoms with Gasteiger partial charge in [-0.05, 0) is 31.1 Å².